The second-order valence-electron chi connectivity index (χ2n) is 7.56. The summed E-state index contributed by atoms with van der Waals surface area (Å²) in [5.74, 6) is 0. The molecule has 0 radical (unpaired) electrons. The van der Waals surface area contributed by atoms with Crippen molar-refractivity contribution in [1.82, 2.24) is 4.90 Å². The fraction of sp³-hybridized carbons (Fsp3) is 0.435. The molecule has 0 aromatic heterocycles. The van der Waals surface area contributed by atoms with Crippen LogP contribution >= 0.6 is 12.2 Å². The van der Waals surface area contributed by atoms with Crippen LogP contribution in [0, 0.1) is 0 Å². The topological polar surface area (TPSA) is 27.7 Å². The Bertz CT molecular complexity index is 752. The number of nitrogens with one attached hydrogen (secondary N) is 1. The fourth-order valence-electron chi connectivity index (χ4n) is 3.40. The van der Waals surface area contributed by atoms with Crippen LogP contribution in [0.2, 0.25) is 0 Å². The lowest BCUT2D eigenvalue weighted by Crippen LogP contribution is -2.39. The normalized spacial score (nSPS) is 16.0. The highest BCUT2D eigenvalue weighted by Crippen LogP contribution is 2.19. The van der Waals surface area contributed by atoms with Crippen molar-refractivity contribution in [3.05, 3.63) is 59.7 Å². The first kappa shape index (κ1) is 20.6. The molecule has 0 unspecified atom stereocenters. The summed E-state index contributed by atoms with van der Waals surface area (Å²) in [7, 11) is 4.11. The Morgan fingerprint density at radius 1 is 1.07 bits per heavy atom. The molecule has 1 fully saturated rings. The molecule has 1 N–H and O–H groups in total. The van der Waals surface area contributed by atoms with Gasteiger partial charge < -0.3 is 19.9 Å². The van der Waals surface area contributed by atoms with E-state index in [0.29, 0.717) is 0 Å². The lowest BCUT2D eigenvalue weighted by atomic mass is 10.1. The van der Waals surface area contributed by atoms with E-state index in [0.717, 1.165) is 49.8 Å². The molecule has 5 heteroatoms. The van der Waals surface area contributed by atoms with Gasteiger partial charge in [-0.1, -0.05) is 31.2 Å². The van der Waals surface area contributed by atoms with Crippen LogP contribution in [0.4, 0.5) is 11.4 Å². The summed E-state index contributed by atoms with van der Waals surface area (Å²) in [5, 5.41) is 4.16. The average molecular weight is 398 g/mol. The molecule has 1 atom stereocenters. The smallest absolute Gasteiger partial charge is 0.173 e. The fourth-order valence-corrected chi connectivity index (χ4v) is 3.66. The van der Waals surface area contributed by atoms with E-state index >= 15 is 0 Å². The van der Waals surface area contributed by atoms with Crippen LogP contribution < -0.4 is 10.2 Å². The number of hydrogen-bond acceptors (Lipinski definition) is 3. The van der Waals surface area contributed by atoms with Crippen molar-refractivity contribution in [1.29, 1.82) is 0 Å². The molecule has 0 spiro atoms. The standard InChI is InChI=1S/C23H31N3OS/c1-4-18-7-11-20(12-8-18)24-23(28)26(17-22-6-5-15-27-22)16-19-9-13-21(14-10-19)25(2)3/h7-14,22H,4-6,15-17H2,1-3H3,(H,24,28)/t22-/m1/s1. The van der Waals surface area contributed by atoms with E-state index in [1.165, 1.54) is 16.8 Å². The van der Waals surface area contributed by atoms with E-state index in [2.05, 4.69) is 84.7 Å². The van der Waals surface area contributed by atoms with Gasteiger partial charge in [0.2, 0.25) is 0 Å². The number of rotatable bonds is 7. The zero-order valence-corrected chi connectivity index (χ0v) is 18.0. The van der Waals surface area contributed by atoms with Gasteiger partial charge in [0, 0.05) is 45.2 Å². The maximum absolute atomic E-state index is 5.87. The number of hydrogen-bond donors (Lipinski definition) is 1. The van der Waals surface area contributed by atoms with Gasteiger partial charge in [0.15, 0.2) is 5.11 Å². The van der Waals surface area contributed by atoms with Crippen molar-refractivity contribution in [2.75, 3.05) is 37.5 Å². The molecule has 0 amide bonds. The molecule has 4 nitrogen and oxygen atoms in total. The number of nitrogens with zero attached hydrogens (tertiary/aromatic N) is 2. The highest BCUT2D eigenvalue weighted by molar-refractivity contribution is 7.80. The van der Waals surface area contributed by atoms with Crippen molar-refractivity contribution in [3.63, 3.8) is 0 Å². The Hall–Kier alpha value is -2.11. The minimum absolute atomic E-state index is 0.253. The molecular weight excluding hydrogens is 366 g/mol. The maximum Gasteiger partial charge on any atom is 0.173 e. The highest BCUT2D eigenvalue weighted by atomic mass is 32.1. The first-order valence-electron chi connectivity index (χ1n) is 10.1. The van der Waals surface area contributed by atoms with Gasteiger partial charge in [-0.15, -0.1) is 0 Å². The van der Waals surface area contributed by atoms with Crippen molar-refractivity contribution in [3.8, 4) is 0 Å². The Labute approximate surface area is 174 Å². The van der Waals surface area contributed by atoms with E-state index in [1.54, 1.807) is 0 Å². The largest absolute Gasteiger partial charge is 0.378 e. The molecule has 0 saturated carbocycles. The summed E-state index contributed by atoms with van der Waals surface area (Å²) in [4.78, 5) is 4.34. The third-order valence-electron chi connectivity index (χ3n) is 5.17. The molecular formula is C23H31N3OS. The molecule has 1 aliphatic heterocycles. The van der Waals surface area contributed by atoms with Gasteiger partial charge in [-0.2, -0.15) is 0 Å². The number of anilines is 2. The van der Waals surface area contributed by atoms with E-state index < -0.39 is 0 Å². The van der Waals surface area contributed by atoms with Crippen LogP contribution in [-0.4, -0.2) is 43.4 Å². The zero-order valence-electron chi connectivity index (χ0n) is 17.1. The molecule has 1 aliphatic rings. The summed E-state index contributed by atoms with van der Waals surface area (Å²) < 4.78 is 5.87. The lowest BCUT2D eigenvalue weighted by Gasteiger charge is -2.28. The molecule has 0 aliphatic carbocycles. The summed E-state index contributed by atoms with van der Waals surface area (Å²) in [6.07, 6.45) is 3.53. The first-order valence-corrected chi connectivity index (χ1v) is 10.5. The van der Waals surface area contributed by atoms with Crippen molar-refractivity contribution >= 4 is 28.7 Å². The van der Waals surface area contributed by atoms with Gasteiger partial charge in [0.25, 0.3) is 0 Å². The van der Waals surface area contributed by atoms with Crippen molar-refractivity contribution in [2.45, 2.75) is 38.8 Å². The van der Waals surface area contributed by atoms with Crippen LogP contribution in [0.3, 0.4) is 0 Å². The Morgan fingerprint density at radius 3 is 2.32 bits per heavy atom. The van der Waals surface area contributed by atoms with Crippen molar-refractivity contribution < 1.29 is 4.74 Å². The number of thiocarbonyl (C=S) groups is 1. The predicted molar refractivity (Wildman–Crippen MR) is 122 cm³/mol. The summed E-state index contributed by atoms with van der Waals surface area (Å²) in [6.45, 7) is 4.60. The number of ether oxygens (including phenoxy) is 1. The summed E-state index contributed by atoms with van der Waals surface area (Å²) in [5.41, 5.74) is 4.80. The molecule has 2 aromatic carbocycles. The molecule has 28 heavy (non-hydrogen) atoms. The second kappa shape index (κ2) is 9.89. The van der Waals surface area contributed by atoms with E-state index in [4.69, 9.17) is 17.0 Å². The van der Waals surface area contributed by atoms with Crippen molar-refractivity contribution in [2.24, 2.45) is 0 Å². The zero-order chi connectivity index (χ0) is 19.9. The van der Waals surface area contributed by atoms with E-state index in [-0.39, 0.29) is 6.10 Å². The van der Waals surface area contributed by atoms with Crippen LogP contribution in [0.5, 0.6) is 0 Å². The average Bonchev–Trinajstić information content (AvgIpc) is 3.21. The van der Waals surface area contributed by atoms with Gasteiger partial charge in [0.1, 0.15) is 0 Å². The Kier molecular flexibility index (Phi) is 7.29. The SMILES string of the molecule is CCc1ccc(NC(=S)N(Cc2ccc(N(C)C)cc2)C[C@H]2CCCO2)cc1. The van der Waals surface area contributed by atoms with Crippen LogP contribution in [0.1, 0.15) is 30.9 Å². The maximum atomic E-state index is 5.87. The van der Waals surface area contributed by atoms with Gasteiger partial charge in [-0.3, -0.25) is 0 Å². The van der Waals surface area contributed by atoms with E-state index in [1.807, 2.05) is 0 Å². The van der Waals surface area contributed by atoms with Gasteiger partial charge in [-0.25, -0.2) is 0 Å². The monoisotopic (exact) mass is 397 g/mol. The van der Waals surface area contributed by atoms with Gasteiger partial charge in [-0.05, 0) is 66.9 Å². The minimum atomic E-state index is 0.253. The predicted octanol–water partition coefficient (Wildman–Crippen LogP) is 4.69. The Morgan fingerprint density at radius 2 is 1.75 bits per heavy atom. The van der Waals surface area contributed by atoms with Crippen LogP contribution in [0.25, 0.3) is 0 Å². The minimum Gasteiger partial charge on any atom is -0.378 e. The molecule has 0 bridgehead atoms. The molecule has 1 heterocycles. The molecule has 3 rings (SSSR count). The number of aryl methyl sites for hydroxylation is 1. The van der Waals surface area contributed by atoms with Crippen LogP contribution in [0.15, 0.2) is 48.5 Å². The highest BCUT2D eigenvalue weighted by Gasteiger charge is 2.21. The number of benzene rings is 2. The molecule has 150 valence electrons. The third kappa shape index (κ3) is 5.69. The quantitative estimate of drug-likeness (QED) is 0.684. The third-order valence-corrected chi connectivity index (χ3v) is 5.54. The second-order valence-corrected chi connectivity index (χ2v) is 7.94. The van der Waals surface area contributed by atoms with Gasteiger partial charge >= 0.3 is 0 Å². The summed E-state index contributed by atoms with van der Waals surface area (Å²) in [6, 6.07) is 17.2. The van der Waals surface area contributed by atoms with Crippen LogP contribution in [-0.2, 0) is 17.7 Å². The molecule has 1 saturated heterocycles. The van der Waals surface area contributed by atoms with Gasteiger partial charge in [0.05, 0.1) is 6.10 Å². The first-order chi connectivity index (χ1) is 13.5. The Balaban J connectivity index is 1.70. The molecule has 2 aromatic rings. The lowest BCUT2D eigenvalue weighted by molar-refractivity contribution is 0.0905. The van der Waals surface area contributed by atoms with E-state index in [9.17, 15) is 0 Å². The summed E-state index contributed by atoms with van der Waals surface area (Å²) >= 11 is 5.77.